The van der Waals surface area contributed by atoms with Gasteiger partial charge >= 0.3 is 5.97 Å². The Morgan fingerprint density at radius 3 is 2.40 bits per heavy atom. The van der Waals surface area contributed by atoms with Crippen LogP contribution in [0.1, 0.15) is 6.92 Å². The van der Waals surface area contributed by atoms with Crippen molar-refractivity contribution in [3.8, 4) is 17.4 Å². The van der Waals surface area contributed by atoms with Gasteiger partial charge in [-0.2, -0.15) is 0 Å². The molecule has 0 aliphatic heterocycles. The quantitative estimate of drug-likeness (QED) is 0.915. The van der Waals surface area contributed by atoms with Gasteiger partial charge in [0.25, 0.3) is 0 Å². The van der Waals surface area contributed by atoms with E-state index in [-0.39, 0.29) is 0 Å². The van der Waals surface area contributed by atoms with Crippen molar-refractivity contribution >= 4 is 17.6 Å². The molecule has 1 N–H and O–H groups in total. The first-order valence-corrected chi connectivity index (χ1v) is 6.21. The van der Waals surface area contributed by atoms with Gasteiger partial charge in [0.1, 0.15) is 11.5 Å². The summed E-state index contributed by atoms with van der Waals surface area (Å²) in [4.78, 5) is 14.7. The maximum absolute atomic E-state index is 10.7. The third-order valence-electron chi connectivity index (χ3n) is 2.41. The van der Waals surface area contributed by atoms with E-state index in [0.29, 0.717) is 22.4 Å². The van der Waals surface area contributed by atoms with Crippen LogP contribution in [-0.2, 0) is 4.79 Å². The predicted octanol–water partition coefficient (Wildman–Crippen LogP) is 3.38. The van der Waals surface area contributed by atoms with Crippen molar-refractivity contribution in [3.63, 3.8) is 0 Å². The molecule has 0 aliphatic carbocycles. The van der Waals surface area contributed by atoms with E-state index in [9.17, 15) is 4.79 Å². The zero-order valence-corrected chi connectivity index (χ0v) is 11.4. The second kappa shape index (κ2) is 6.25. The van der Waals surface area contributed by atoms with Gasteiger partial charge in [-0.05, 0) is 37.3 Å². The number of nitrogens with zero attached hydrogens (tertiary/aromatic N) is 1. The summed E-state index contributed by atoms with van der Waals surface area (Å²) in [5.74, 6) is 0.420. The van der Waals surface area contributed by atoms with Crippen LogP contribution in [-0.4, -0.2) is 22.2 Å². The number of carboxylic acid groups (broad SMARTS) is 1. The molecular formula is C14H12ClNO4. The molecule has 104 valence electrons. The fourth-order valence-corrected chi connectivity index (χ4v) is 1.50. The molecule has 0 fully saturated rings. The van der Waals surface area contributed by atoms with Crippen LogP contribution >= 0.6 is 11.6 Å². The second-order valence-electron chi connectivity index (χ2n) is 3.99. The van der Waals surface area contributed by atoms with E-state index < -0.39 is 12.1 Å². The van der Waals surface area contributed by atoms with E-state index in [1.165, 1.54) is 13.1 Å². The number of benzene rings is 1. The smallest absolute Gasteiger partial charge is 0.344 e. The average molecular weight is 294 g/mol. The van der Waals surface area contributed by atoms with E-state index >= 15 is 0 Å². The number of carbonyl (C=O) groups is 1. The lowest BCUT2D eigenvalue weighted by Crippen LogP contribution is -2.22. The lowest BCUT2D eigenvalue weighted by atomic mass is 10.3. The minimum Gasteiger partial charge on any atom is -0.479 e. The molecule has 2 rings (SSSR count). The molecule has 0 saturated carbocycles. The average Bonchev–Trinajstić information content (AvgIpc) is 2.43. The molecule has 0 bridgehead atoms. The third-order valence-corrected chi connectivity index (χ3v) is 2.63. The first-order valence-electron chi connectivity index (χ1n) is 5.83. The molecule has 0 spiro atoms. The Hall–Kier alpha value is -2.27. The molecule has 1 aromatic carbocycles. The van der Waals surface area contributed by atoms with E-state index in [1.807, 2.05) is 0 Å². The molecule has 1 atom stereocenters. The first-order chi connectivity index (χ1) is 9.54. The normalized spacial score (nSPS) is 11.7. The molecule has 20 heavy (non-hydrogen) atoms. The number of halogens is 1. The SMILES string of the molecule is C[C@H](Oc1ccc(Oc2ccc(Cl)cn2)cc1)C(=O)O. The monoisotopic (exact) mass is 293 g/mol. The number of rotatable bonds is 5. The Morgan fingerprint density at radius 1 is 1.20 bits per heavy atom. The summed E-state index contributed by atoms with van der Waals surface area (Å²) in [6.07, 6.45) is 0.586. The minimum atomic E-state index is -1.02. The maximum Gasteiger partial charge on any atom is 0.344 e. The summed E-state index contributed by atoms with van der Waals surface area (Å²) >= 11 is 5.73. The van der Waals surface area contributed by atoms with Crippen molar-refractivity contribution in [3.05, 3.63) is 47.6 Å². The van der Waals surface area contributed by atoms with E-state index in [1.54, 1.807) is 36.4 Å². The largest absolute Gasteiger partial charge is 0.479 e. The summed E-state index contributed by atoms with van der Waals surface area (Å²) in [6.45, 7) is 1.46. The van der Waals surface area contributed by atoms with Gasteiger partial charge in [0.05, 0.1) is 5.02 Å². The van der Waals surface area contributed by atoms with Gasteiger partial charge < -0.3 is 14.6 Å². The Balaban J connectivity index is 2.01. The van der Waals surface area contributed by atoms with E-state index in [0.717, 1.165) is 0 Å². The maximum atomic E-state index is 10.7. The highest BCUT2D eigenvalue weighted by atomic mass is 35.5. The minimum absolute atomic E-state index is 0.418. The molecule has 0 aliphatic rings. The second-order valence-corrected chi connectivity index (χ2v) is 4.42. The molecule has 6 heteroatoms. The van der Waals surface area contributed by atoms with Crippen molar-refractivity contribution in [1.82, 2.24) is 4.98 Å². The molecule has 0 radical (unpaired) electrons. The van der Waals surface area contributed by atoms with Gasteiger partial charge in [0, 0.05) is 12.3 Å². The van der Waals surface area contributed by atoms with Gasteiger partial charge in [-0.25, -0.2) is 9.78 Å². The third kappa shape index (κ3) is 3.86. The highest BCUT2D eigenvalue weighted by Gasteiger charge is 2.12. The van der Waals surface area contributed by atoms with Crippen LogP contribution in [0.5, 0.6) is 17.4 Å². The van der Waals surface area contributed by atoms with Crippen molar-refractivity contribution in [1.29, 1.82) is 0 Å². The lowest BCUT2D eigenvalue weighted by molar-refractivity contribution is -0.144. The highest BCUT2D eigenvalue weighted by molar-refractivity contribution is 6.30. The highest BCUT2D eigenvalue weighted by Crippen LogP contribution is 2.23. The zero-order chi connectivity index (χ0) is 14.5. The fraction of sp³-hybridized carbons (Fsp3) is 0.143. The fourth-order valence-electron chi connectivity index (χ4n) is 1.38. The van der Waals surface area contributed by atoms with Crippen molar-refractivity contribution in [2.75, 3.05) is 0 Å². The van der Waals surface area contributed by atoms with Gasteiger partial charge in [0.15, 0.2) is 6.10 Å². The molecule has 0 amide bonds. The van der Waals surface area contributed by atoms with Gasteiger partial charge in [-0.3, -0.25) is 0 Å². The number of hydrogen-bond donors (Lipinski definition) is 1. The molecule has 1 aromatic heterocycles. The standard InChI is InChI=1S/C14H12ClNO4/c1-9(14(17)18)19-11-3-5-12(6-4-11)20-13-7-2-10(15)8-16-13/h2-9H,1H3,(H,17,18)/t9-/m0/s1. The molecule has 2 aromatic rings. The van der Waals surface area contributed by atoms with Crippen molar-refractivity contribution in [2.24, 2.45) is 0 Å². The summed E-state index contributed by atoms with van der Waals surface area (Å²) < 4.78 is 10.7. The molecule has 0 saturated heterocycles. The zero-order valence-electron chi connectivity index (χ0n) is 10.6. The van der Waals surface area contributed by atoms with Crippen LogP contribution in [0.2, 0.25) is 5.02 Å². The Morgan fingerprint density at radius 2 is 1.85 bits per heavy atom. The topological polar surface area (TPSA) is 68.7 Å². The van der Waals surface area contributed by atoms with Gasteiger partial charge in [-0.1, -0.05) is 11.6 Å². The van der Waals surface area contributed by atoms with Gasteiger partial charge in [-0.15, -0.1) is 0 Å². The number of carboxylic acids is 1. The summed E-state index contributed by atoms with van der Waals surface area (Å²) in [5, 5.41) is 9.28. The lowest BCUT2D eigenvalue weighted by Gasteiger charge is -2.10. The van der Waals surface area contributed by atoms with Crippen molar-refractivity contribution in [2.45, 2.75) is 13.0 Å². The summed E-state index contributed by atoms with van der Waals surface area (Å²) in [5.41, 5.74) is 0. The number of aliphatic carboxylic acids is 1. The van der Waals surface area contributed by atoms with E-state index in [4.69, 9.17) is 26.2 Å². The Labute approximate surface area is 120 Å². The molecular weight excluding hydrogens is 282 g/mol. The number of ether oxygens (including phenoxy) is 2. The Bertz CT molecular complexity index is 583. The predicted molar refractivity (Wildman–Crippen MR) is 73.5 cm³/mol. The van der Waals surface area contributed by atoms with Crippen LogP contribution < -0.4 is 9.47 Å². The van der Waals surface area contributed by atoms with Crippen LogP contribution in [0.3, 0.4) is 0 Å². The van der Waals surface area contributed by atoms with Crippen LogP contribution in [0.4, 0.5) is 0 Å². The van der Waals surface area contributed by atoms with Crippen LogP contribution in [0.25, 0.3) is 0 Å². The molecule has 0 unspecified atom stereocenters. The first kappa shape index (κ1) is 14.1. The summed E-state index contributed by atoms with van der Waals surface area (Å²) in [7, 11) is 0. The van der Waals surface area contributed by atoms with Gasteiger partial charge in [0.2, 0.25) is 5.88 Å². The van der Waals surface area contributed by atoms with Crippen LogP contribution in [0.15, 0.2) is 42.6 Å². The van der Waals surface area contributed by atoms with E-state index in [2.05, 4.69) is 4.98 Å². The molecule has 5 nitrogen and oxygen atoms in total. The van der Waals surface area contributed by atoms with Crippen LogP contribution in [0, 0.1) is 0 Å². The Kier molecular flexibility index (Phi) is 4.42. The summed E-state index contributed by atoms with van der Waals surface area (Å²) in [6, 6.07) is 9.92. The number of pyridine rings is 1. The number of aromatic nitrogens is 1. The number of hydrogen-bond acceptors (Lipinski definition) is 4. The molecule has 1 heterocycles. The van der Waals surface area contributed by atoms with Crippen molar-refractivity contribution < 1.29 is 19.4 Å².